The van der Waals surface area contributed by atoms with Gasteiger partial charge in [0.05, 0.1) is 13.7 Å². The van der Waals surface area contributed by atoms with Crippen molar-refractivity contribution in [1.29, 1.82) is 0 Å². The fourth-order valence-corrected chi connectivity index (χ4v) is 1.83. The molecule has 17 heavy (non-hydrogen) atoms. The van der Waals surface area contributed by atoms with Crippen molar-refractivity contribution >= 4 is 17.6 Å². The van der Waals surface area contributed by atoms with E-state index in [1.54, 1.807) is 14.0 Å². The SMILES string of the molecule is CCOC(=O)C(Cl)Cc1ccc(OC)c(C)c1. The molecule has 0 radical (unpaired) electrons. The van der Waals surface area contributed by atoms with Crippen LogP contribution in [-0.4, -0.2) is 25.1 Å². The van der Waals surface area contributed by atoms with E-state index in [1.165, 1.54) is 0 Å². The molecule has 0 aliphatic heterocycles. The van der Waals surface area contributed by atoms with Gasteiger partial charge in [-0.1, -0.05) is 12.1 Å². The Hall–Kier alpha value is -1.22. The van der Waals surface area contributed by atoms with Gasteiger partial charge in [0.2, 0.25) is 0 Å². The number of hydrogen-bond donors (Lipinski definition) is 0. The van der Waals surface area contributed by atoms with Gasteiger partial charge in [-0.3, -0.25) is 4.79 Å². The van der Waals surface area contributed by atoms with Crippen molar-refractivity contribution in [2.24, 2.45) is 0 Å². The highest BCUT2D eigenvalue weighted by Gasteiger charge is 2.17. The predicted molar refractivity (Wildman–Crippen MR) is 67.7 cm³/mol. The molecule has 0 aliphatic rings. The lowest BCUT2D eigenvalue weighted by Crippen LogP contribution is -2.20. The maximum Gasteiger partial charge on any atom is 0.324 e. The van der Waals surface area contributed by atoms with Crippen LogP contribution in [0.1, 0.15) is 18.1 Å². The average molecular weight is 257 g/mol. The zero-order valence-electron chi connectivity index (χ0n) is 10.3. The van der Waals surface area contributed by atoms with Gasteiger partial charge in [0.15, 0.2) is 0 Å². The van der Waals surface area contributed by atoms with Crippen LogP contribution in [0.15, 0.2) is 18.2 Å². The van der Waals surface area contributed by atoms with Crippen molar-refractivity contribution in [3.05, 3.63) is 29.3 Å². The molecular formula is C13H17ClO3. The first kappa shape index (κ1) is 13.8. The van der Waals surface area contributed by atoms with Crippen molar-refractivity contribution in [3.8, 4) is 5.75 Å². The summed E-state index contributed by atoms with van der Waals surface area (Å²) in [7, 11) is 1.63. The molecular weight excluding hydrogens is 240 g/mol. The Balaban J connectivity index is 2.68. The molecule has 1 unspecified atom stereocenters. The molecule has 0 aliphatic carbocycles. The lowest BCUT2D eigenvalue weighted by Gasteiger charge is -2.10. The summed E-state index contributed by atoms with van der Waals surface area (Å²) < 4.78 is 10.0. The van der Waals surface area contributed by atoms with Gasteiger partial charge in [0, 0.05) is 0 Å². The van der Waals surface area contributed by atoms with E-state index in [1.807, 2.05) is 25.1 Å². The number of halogens is 1. The van der Waals surface area contributed by atoms with Crippen LogP contribution in [0.4, 0.5) is 0 Å². The second-order valence-corrected chi connectivity index (χ2v) is 4.25. The fraction of sp³-hybridized carbons (Fsp3) is 0.462. The number of rotatable bonds is 5. The number of methoxy groups -OCH3 is 1. The first-order chi connectivity index (χ1) is 8.08. The molecule has 0 saturated carbocycles. The van der Waals surface area contributed by atoms with Crippen LogP contribution >= 0.6 is 11.6 Å². The molecule has 1 rings (SSSR count). The Kier molecular flexibility index (Phi) is 5.29. The topological polar surface area (TPSA) is 35.5 Å². The number of aryl methyl sites for hydroxylation is 1. The molecule has 0 aromatic heterocycles. The molecule has 0 N–H and O–H groups in total. The van der Waals surface area contributed by atoms with E-state index in [0.717, 1.165) is 16.9 Å². The Morgan fingerprint density at radius 2 is 2.18 bits per heavy atom. The maximum absolute atomic E-state index is 11.4. The number of benzene rings is 1. The van der Waals surface area contributed by atoms with E-state index in [4.69, 9.17) is 21.1 Å². The predicted octanol–water partition coefficient (Wildman–Crippen LogP) is 2.72. The first-order valence-electron chi connectivity index (χ1n) is 5.52. The fourth-order valence-electron chi connectivity index (χ4n) is 1.59. The Bertz CT molecular complexity index is 390. The molecule has 0 fully saturated rings. The number of carbonyl (C=O) groups excluding carboxylic acids is 1. The molecule has 4 heteroatoms. The molecule has 94 valence electrons. The van der Waals surface area contributed by atoms with E-state index < -0.39 is 5.38 Å². The second-order valence-electron chi connectivity index (χ2n) is 3.73. The van der Waals surface area contributed by atoms with Crippen molar-refractivity contribution in [1.82, 2.24) is 0 Å². The molecule has 0 heterocycles. The number of ether oxygens (including phenoxy) is 2. The summed E-state index contributed by atoms with van der Waals surface area (Å²) in [6.07, 6.45) is 0.464. The highest BCUT2D eigenvalue weighted by Crippen LogP contribution is 2.20. The number of carbonyl (C=O) groups is 1. The monoisotopic (exact) mass is 256 g/mol. The lowest BCUT2D eigenvalue weighted by molar-refractivity contribution is -0.142. The third-order valence-electron chi connectivity index (χ3n) is 2.42. The maximum atomic E-state index is 11.4. The van der Waals surface area contributed by atoms with Crippen LogP contribution in [0.25, 0.3) is 0 Å². The molecule has 0 bridgehead atoms. The summed E-state index contributed by atoms with van der Waals surface area (Å²) in [6, 6.07) is 5.74. The molecule has 3 nitrogen and oxygen atoms in total. The molecule has 0 spiro atoms. The molecule has 0 amide bonds. The number of alkyl halides is 1. The number of hydrogen-bond acceptors (Lipinski definition) is 3. The first-order valence-corrected chi connectivity index (χ1v) is 5.96. The summed E-state index contributed by atoms with van der Waals surface area (Å²) in [5.74, 6) is 0.457. The second kappa shape index (κ2) is 6.50. The largest absolute Gasteiger partial charge is 0.496 e. The van der Waals surface area contributed by atoms with Crippen LogP contribution in [-0.2, 0) is 16.0 Å². The van der Waals surface area contributed by atoms with E-state index in [9.17, 15) is 4.79 Å². The van der Waals surface area contributed by atoms with Gasteiger partial charge in [-0.15, -0.1) is 11.6 Å². The minimum atomic E-state index is -0.636. The minimum Gasteiger partial charge on any atom is -0.496 e. The van der Waals surface area contributed by atoms with Crippen molar-refractivity contribution in [3.63, 3.8) is 0 Å². The molecule has 1 aromatic rings. The average Bonchev–Trinajstić information content (AvgIpc) is 2.29. The lowest BCUT2D eigenvalue weighted by atomic mass is 10.1. The summed E-state index contributed by atoms with van der Waals surface area (Å²) in [6.45, 7) is 4.07. The van der Waals surface area contributed by atoms with Gasteiger partial charge in [-0.25, -0.2) is 0 Å². The van der Waals surface area contributed by atoms with Gasteiger partial charge in [0.1, 0.15) is 11.1 Å². The Morgan fingerprint density at radius 3 is 2.71 bits per heavy atom. The van der Waals surface area contributed by atoms with Gasteiger partial charge in [-0.2, -0.15) is 0 Å². The Labute approximate surface area is 107 Å². The van der Waals surface area contributed by atoms with Crippen molar-refractivity contribution < 1.29 is 14.3 Å². The van der Waals surface area contributed by atoms with Crippen molar-refractivity contribution in [2.45, 2.75) is 25.6 Å². The van der Waals surface area contributed by atoms with E-state index in [-0.39, 0.29) is 5.97 Å². The van der Waals surface area contributed by atoms with Crippen LogP contribution in [0, 0.1) is 6.92 Å². The minimum absolute atomic E-state index is 0.351. The Morgan fingerprint density at radius 1 is 1.47 bits per heavy atom. The smallest absolute Gasteiger partial charge is 0.324 e. The quantitative estimate of drug-likeness (QED) is 0.600. The summed E-state index contributed by atoms with van der Waals surface area (Å²) >= 11 is 5.96. The van der Waals surface area contributed by atoms with E-state index >= 15 is 0 Å². The molecule has 0 saturated heterocycles. The van der Waals surface area contributed by atoms with Gasteiger partial charge in [0.25, 0.3) is 0 Å². The highest BCUT2D eigenvalue weighted by molar-refractivity contribution is 6.30. The van der Waals surface area contributed by atoms with Crippen LogP contribution < -0.4 is 4.74 Å². The van der Waals surface area contributed by atoms with Crippen LogP contribution in [0.3, 0.4) is 0 Å². The zero-order valence-corrected chi connectivity index (χ0v) is 11.1. The standard InChI is InChI=1S/C13H17ClO3/c1-4-17-13(15)11(14)8-10-5-6-12(16-3)9(2)7-10/h5-7,11H,4,8H2,1-3H3. The van der Waals surface area contributed by atoms with Crippen LogP contribution in [0.2, 0.25) is 0 Å². The van der Waals surface area contributed by atoms with Crippen LogP contribution in [0.5, 0.6) is 5.75 Å². The van der Waals surface area contributed by atoms with Gasteiger partial charge < -0.3 is 9.47 Å². The summed E-state index contributed by atoms with van der Waals surface area (Å²) in [4.78, 5) is 11.4. The normalized spacial score (nSPS) is 12.0. The zero-order chi connectivity index (χ0) is 12.8. The third kappa shape index (κ3) is 3.93. The van der Waals surface area contributed by atoms with E-state index in [2.05, 4.69) is 0 Å². The summed E-state index contributed by atoms with van der Waals surface area (Å²) in [5.41, 5.74) is 2.02. The van der Waals surface area contributed by atoms with Gasteiger partial charge >= 0.3 is 5.97 Å². The van der Waals surface area contributed by atoms with Gasteiger partial charge in [-0.05, 0) is 37.5 Å². The van der Waals surface area contributed by atoms with Crippen molar-refractivity contribution in [2.75, 3.05) is 13.7 Å². The molecule has 1 aromatic carbocycles. The molecule has 1 atom stereocenters. The number of esters is 1. The summed E-state index contributed by atoms with van der Waals surface area (Å²) in [5, 5.41) is -0.636. The van der Waals surface area contributed by atoms with E-state index in [0.29, 0.717) is 13.0 Å². The highest BCUT2D eigenvalue weighted by atomic mass is 35.5. The third-order valence-corrected chi connectivity index (χ3v) is 2.75.